The first kappa shape index (κ1) is 20.6. The van der Waals surface area contributed by atoms with Gasteiger partial charge in [-0.05, 0) is 56.2 Å². The number of aryl methyl sites for hydroxylation is 1. The largest absolute Gasteiger partial charge is 0.278 e. The summed E-state index contributed by atoms with van der Waals surface area (Å²) in [4.78, 5) is 27.6. The van der Waals surface area contributed by atoms with Crippen molar-refractivity contribution in [1.29, 1.82) is 0 Å². The fourth-order valence-corrected chi connectivity index (χ4v) is 4.81. The van der Waals surface area contributed by atoms with Crippen molar-refractivity contribution in [1.82, 2.24) is 19.7 Å². The number of carbonyl (C=O) groups excluding carboxylic acids is 2. The molecule has 1 atom stereocenters. The van der Waals surface area contributed by atoms with Gasteiger partial charge in [-0.2, -0.15) is 0 Å². The molecule has 2 heterocycles. The number of imide groups is 1. The highest BCUT2D eigenvalue weighted by atomic mass is 35.5. The van der Waals surface area contributed by atoms with Crippen molar-refractivity contribution in [2.45, 2.75) is 36.6 Å². The molecule has 1 aliphatic heterocycles. The fraction of sp³-hybridized carbons (Fsp3) is 0.273. The summed E-state index contributed by atoms with van der Waals surface area (Å²) in [5.74, 6) is 0.279. The maximum Gasteiger partial charge on any atom is 0.260 e. The number of aromatic nitrogens is 3. The summed E-state index contributed by atoms with van der Waals surface area (Å²) in [7, 11) is 0. The smallest absolute Gasteiger partial charge is 0.260 e. The second-order valence-electron chi connectivity index (χ2n) is 7.10. The second-order valence-corrected chi connectivity index (χ2v) is 8.71. The molecule has 0 aliphatic carbocycles. The van der Waals surface area contributed by atoms with Crippen LogP contribution in [0.15, 0.2) is 59.8 Å². The summed E-state index contributed by atoms with van der Waals surface area (Å²) in [6.45, 7) is 2.30. The quantitative estimate of drug-likeness (QED) is 0.557. The average Bonchev–Trinajstić information content (AvgIpc) is 3.02. The minimum absolute atomic E-state index is 0.183. The number of carbonyl (C=O) groups is 2. The van der Waals surface area contributed by atoms with Crippen LogP contribution in [0.3, 0.4) is 0 Å². The number of para-hydroxylation sites is 1. The Morgan fingerprint density at radius 2 is 1.80 bits per heavy atom. The first-order chi connectivity index (χ1) is 14.5. The zero-order chi connectivity index (χ0) is 21.1. The molecule has 0 bridgehead atoms. The van der Waals surface area contributed by atoms with E-state index >= 15 is 0 Å². The molecule has 0 spiro atoms. The summed E-state index contributed by atoms with van der Waals surface area (Å²) >= 11 is 7.30. The molecule has 1 fully saturated rings. The molecule has 6 nitrogen and oxygen atoms in total. The van der Waals surface area contributed by atoms with Gasteiger partial charge in [0, 0.05) is 22.8 Å². The third-order valence-electron chi connectivity index (χ3n) is 5.03. The molecule has 30 heavy (non-hydrogen) atoms. The normalized spacial score (nSPS) is 17.1. The van der Waals surface area contributed by atoms with Gasteiger partial charge in [0.25, 0.3) is 5.91 Å². The van der Waals surface area contributed by atoms with Crippen LogP contribution in [0, 0.1) is 6.92 Å². The van der Waals surface area contributed by atoms with E-state index in [0.29, 0.717) is 28.7 Å². The van der Waals surface area contributed by atoms with Gasteiger partial charge in [0.05, 0.1) is 5.25 Å². The van der Waals surface area contributed by atoms with E-state index < -0.39 is 5.25 Å². The highest BCUT2D eigenvalue weighted by Crippen LogP contribution is 2.31. The van der Waals surface area contributed by atoms with E-state index in [1.165, 1.54) is 16.7 Å². The monoisotopic (exact) mass is 440 g/mol. The van der Waals surface area contributed by atoms with Crippen LogP contribution in [-0.2, 0) is 4.79 Å². The van der Waals surface area contributed by atoms with E-state index in [4.69, 9.17) is 11.6 Å². The summed E-state index contributed by atoms with van der Waals surface area (Å²) < 4.78 is 1.94. The molecule has 0 saturated carbocycles. The summed E-state index contributed by atoms with van der Waals surface area (Å²) in [5.41, 5.74) is 1.40. The van der Waals surface area contributed by atoms with Crippen molar-refractivity contribution in [2.24, 2.45) is 0 Å². The lowest BCUT2D eigenvalue weighted by Crippen LogP contribution is -2.41. The van der Waals surface area contributed by atoms with Gasteiger partial charge in [0.2, 0.25) is 5.91 Å². The number of amides is 2. The van der Waals surface area contributed by atoms with Gasteiger partial charge in [-0.1, -0.05) is 48.0 Å². The zero-order valence-electron chi connectivity index (χ0n) is 16.5. The Morgan fingerprint density at radius 1 is 1.07 bits per heavy atom. The predicted molar refractivity (Wildman–Crippen MR) is 117 cm³/mol. The average molecular weight is 441 g/mol. The summed E-state index contributed by atoms with van der Waals surface area (Å²) in [5, 5.41) is 9.31. The van der Waals surface area contributed by atoms with Crippen LogP contribution in [0.4, 0.5) is 0 Å². The maximum atomic E-state index is 13.3. The van der Waals surface area contributed by atoms with Crippen LogP contribution < -0.4 is 0 Å². The number of nitrogens with zero attached hydrogens (tertiary/aromatic N) is 4. The Hall–Kier alpha value is -2.64. The Kier molecular flexibility index (Phi) is 6.20. The first-order valence-electron chi connectivity index (χ1n) is 9.80. The Morgan fingerprint density at radius 3 is 2.53 bits per heavy atom. The van der Waals surface area contributed by atoms with Crippen molar-refractivity contribution < 1.29 is 9.59 Å². The van der Waals surface area contributed by atoms with Crippen molar-refractivity contribution in [3.8, 4) is 5.69 Å². The molecule has 1 aromatic heterocycles. The lowest BCUT2D eigenvalue weighted by atomic mass is 10.2. The third-order valence-corrected chi connectivity index (χ3v) is 6.48. The highest BCUT2D eigenvalue weighted by molar-refractivity contribution is 8.00. The minimum atomic E-state index is -0.394. The fourth-order valence-electron chi connectivity index (χ4n) is 3.49. The lowest BCUT2D eigenvalue weighted by molar-refractivity contribution is -0.127. The molecule has 4 rings (SSSR count). The van der Waals surface area contributed by atoms with Crippen LogP contribution in [-0.4, -0.2) is 43.3 Å². The number of hydrogen-bond donors (Lipinski definition) is 0. The zero-order valence-corrected chi connectivity index (χ0v) is 18.1. The van der Waals surface area contributed by atoms with Crippen molar-refractivity contribution in [3.05, 3.63) is 71.0 Å². The molecule has 0 radical (unpaired) electrons. The van der Waals surface area contributed by atoms with Crippen LogP contribution >= 0.6 is 23.4 Å². The first-order valence-corrected chi connectivity index (χ1v) is 11.1. The number of hydrogen-bond acceptors (Lipinski definition) is 5. The second kappa shape index (κ2) is 9.02. The molecule has 0 unspecified atom stereocenters. The summed E-state index contributed by atoms with van der Waals surface area (Å²) in [6.07, 6.45) is 2.34. The van der Waals surface area contributed by atoms with Gasteiger partial charge in [0.15, 0.2) is 5.16 Å². The number of thioether (sulfide) groups is 1. The molecule has 8 heteroatoms. The molecule has 0 N–H and O–H groups in total. The van der Waals surface area contributed by atoms with E-state index in [1.807, 2.05) is 41.8 Å². The van der Waals surface area contributed by atoms with Crippen molar-refractivity contribution in [2.75, 3.05) is 6.54 Å². The number of benzene rings is 2. The van der Waals surface area contributed by atoms with E-state index in [0.717, 1.165) is 24.4 Å². The SMILES string of the molecule is Cc1nnc(S[C@H]2CCCCN(C(=O)c3ccc(Cl)cc3)C2=O)n1-c1ccccc1. The van der Waals surface area contributed by atoms with E-state index in [1.54, 1.807) is 24.3 Å². The highest BCUT2D eigenvalue weighted by Gasteiger charge is 2.33. The van der Waals surface area contributed by atoms with Crippen LogP contribution in [0.2, 0.25) is 5.02 Å². The molecule has 3 aromatic rings. The Bertz CT molecular complexity index is 1050. The number of rotatable bonds is 4. The molecule has 154 valence electrons. The number of likely N-dealkylation sites (tertiary alicyclic amines) is 1. The van der Waals surface area contributed by atoms with E-state index in [9.17, 15) is 9.59 Å². The lowest BCUT2D eigenvalue weighted by Gasteiger charge is -2.22. The van der Waals surface area contributed by atoms with Crippen LogP contribution in [0.5, 0.6) is 0 Å². The molecule has 2 aromatic carbocycles. The topological polar surface area (TPSA) is 68.1 Å². The van der Waals surface area contributed by atoms with E-state index in [-0.39, 0.29) is 11.8 Å². The van der Waals surface area contributed by atoms with E-state index in [2.05, 4.69) is 10.2 Å². The van der Waals surface area contributed by atoms with Gasteiger partial charge in [0.1, 0.15) is 5.82 Å². The summed E-state index contributed by atoms with van der Waals surface area (Å²) in [6, 6.07) is 16.4. The third kappa shape index (κ3) is 4.27. The number of halogens is 1. The van der Waals surface area contributed by atoms with Crippen molar-refractivity contribution in [3.63, 3.8) is 0 Å². The van der Waals surface area contributed by atoms with Gasteiger partial charge < -0.3 is 0 Å². The maximum absolute atomic E-state index is 13.3. The minimum Gasteiger partial charge on any atom is -0.278 e. The molecular formula is C22H21ClN4O2S. The molecular weight excluding hydrogens is 420 g/mol. The molecule has 1 saturated heterocycles. The van der Waals surface area contributed by atoms with Gasteiger partial charge in [-0.3, -0.25) is 19.1 Å². The van der Waals surface area contributed by atoms with Gasteiger partial charge in [-0.15, -0.1) is 10.2 Å². The standard InChI is InChI=1S/C22H21ClN4O2S/c1-15-24-25-22(27(15)18-7-3-2-4-8-18)30-19-9-5-6-14-26(21(19)29)20(28)16-10-12-17(23)13-11-16/h2-4,7-8,10-13,19H,5-6,9,14H2,1H3/t19-/m0/s1. The Balaban J connectivity index is 1.59. The van der Waals surface area contributed by atoms with Gasteiger partial charge >= 0.3 is 0 Å². The Labute approximate surface area is 184 Å². The molecule has 2 amide bonds. The van der Waals surface area contributed by atoms with Crippen LogP contribution in [0.1, 0.15) is 35.4 Å². The van der Waals surface area contributed by atoms with Crippen LogP contribution in [0.25, 0.3) is 5.69 Å². The molecule has 1 aliphatic rings. The van der Waals surface area contributed by atoms with Crippen molar-refractivity contribution >= 4 is 35.2 Å². The predicted octanol–water partition coefficient (Wildman–Crippen LogP) is 4.54. The van der Waals surface area contributed by atoms with Gasteiger partial charge in [-0.25, -0.2) is 0 Å².